The molecule has 5 rings (SSSR count). The van der Waals surface area contributed by atoms with E-state index in [1.54, 1.807) is 6.07 Å². The van der Waals surface area contributed by atoms with E-state index in [0.717, 1.165) is 40.4 Å². The summed E-state index contributed by atoms with van der Waals surface area (Å²) in [5.74, 6) is 0.254. The summed E-state index contributed by atoms with van der Waals surface area (Å²) in [6.45, 7) is 6.33. The van der Waals surface area contributed by atoms with Crippen molar-refractivity contribution in [3.05, 3.63) is 107 Å². The number of aromatic hydroxyl groups is 1. The average molecular weight is 469 g/mol. The van der Waals surface area contributed by atoms with Crippen LogP contribution in [-0.4, -0.2) is 19.8 Å². The third-order valence-electron chi connectivity index (χ3n) is 6.63. The second-order valence-corrected chi connectivity index (χ2v) is 9.05. The first-order valence-electron chi connectivity index (χ1n) is 11.6. The fourth-order valence-corrected chi connectivity index (χ4v) is 5.30. The third-order valence-corrected chi connectivity index (χ3v) is 6.95. The lowest BCUT2D eigenvalue weighted by Crippen LogP contribution is -2.29. The number of benzene rings is 2. The monoisotopic (exact) mass is 468 g/mol. The normalized spacial score (nSPS) is 17.7. The first-order valence-corrected chi connectivity index (χ1v) is 12.0. The van der Waals surface area contributed by atoms with Crippen LogP contribution < -0.4 is 10.2 Å². The molecule has 0 spiro atoms. The standard InChI is InChI=1S/C28H28N4OS/c1-4-20-12-14-21(15-13-20)32-27(26(30-28(32)34)23-9-7-8-16-29-23)22-17-18(2)31(19(22)3)24-10-5-6-11-25(24)33/h5-17,26-27,33H,4H2,1-3H3,(H,30,34)/t26-,27+/m1/s1. The molecule has 2 aromatic heterocycles. The van der Waals surface area contributed by atoms with E-state index in [0.29, 0.717) is 5.11 Å². The Morgan fingerprint density at radius 1 is 1.00 bits per heavy atom. The van der Waals surface area contributed by atoms with Gasteiger partial charge in [0.1, 0.15) is 5.75 Å². The number of aryl methyl sites for hydroxylation is 2. The minimum atomic E-state index is -0.113. The van der Waals surface area contributed by atoms with E-state index in [9.17, 15) is 5.11 Å². The molecule has 172 valence electrons. The summed E-state index contributed by atoms with van der Waals surface area (Å²) in [6, 6.07) is 24.0. The molecule has 0 bridgehead atoms. The van der Waals surface area contributed by atoms with E-state index in [1.165, 1.54) is 5.56 Å². The summed E-state index contributed by atoms with van der Waals surface area (Å²) in [6.07, 6.45) is 2.81. The lowest BCUT2D eigenvalue weighted by atomic mass is 9.96. The quantitative estimate of drug-likeness (QED) is 0.355. The molecule has 0 unspecified atom stereocenters. The molecule has 1 aliphatic rings. The summed E-state index contributed by atoms with van der Waals surface area (Å²) >= 11 is 5.88. The van der Waals surface area contributed by atoms with Gasteiger partial charge in [0.2, 0.25) is 0 Å². The van der Waals surface area contributed by atoms with Crippen LogP contribution in [0, 0.1) is 13.8 Å². The molecular formula is C28H28N4OS. The van der Waals surface area contributed by atoms with Gasteiger partial charge in [-0.1, -0.05) is 37.3 Å². The third kappa shape index (κ3) is 3.74. The maximum Gasteiger partial charge on any atom is 0.174 e. The number of nitrogens with zero attached hydrogens (tertiary/aromatic N) is 3. The number of phenols is 1. The number of rotatable bonds is 5. The minimum Gasteiger partial charge on any atom is -0.506 e. The number of nitrogens with one attached hydrogen (secondary N) is 1. The predicted octanol–water partition coefficient (Wildman–Crippen LogP) is 5.93. The molecule has 1 fully saturated rings. The second-order valence-electron chi connectivity index (χ2n) is 8.67. The Balaban J connectivity index is 1.68. The summed E-state index contributed by atoms with van der Waals surface area (Å²) in [4.78, 5) is 6.86. The van der Waals surface area contributed by atoms with Crippen molar-refractivity contribution in [1.82, 2.24) is 14.9 Å². The van der Waals surface area contributed by atoms with Crippen LogP contribution in [0.4, 0.5) is 5.69 Å². The largest absolute Gasteiger partial charge is 0.506 e. The van der Waals surface area contributed by atoms with Crippen LogP contribution in [0.1, 0.15) is 47.2 Å². The maximum absolute atomic E-state index is 10.6. The van der Waals surface area contributed by atoms with Gasteiger partial charge in [0.25, 0.3) is 0 Å². The highest BCUT2D eigenvalue weighted by Gasteiger charge is 2.42. The van der Waals surface area contributed by atoms with Crippen molar-refractivity contribution >= 4 is 23.0 Å². The zero-order valence-electron chi connectivity index (χ0n) is 19.6. The predicted molar refractivity (Wildman–Crippen MR) is 141 cm³/mol. The van der Waals surface area contributed by atoms with Crippen LogP contribution in [0.15, 0.2) is 79.0 Å². The molecule has 6 heteroatoms. The van der Waals surface area contributed by atoms with Crippen LogP contribution in [0.25, 0.3) is 5.69 Å². The number of pyridine rings is 1. The Morgan fingerprint density at radius 3 is 2.41 bits per heavy atom. The number of hydrogen-bond acceptors (Lipinski definition) is 3. The van der Waals surface area contributed by atoms with E-state index in [1.807, 2.05) is 42.6 Å². The number of phenolic OH excluding ortho intramolecular Hbond substituents is 1. The molecule has 0 saturated carbocycles. The van der Waals surface area contributed by atoms with Crippen molar-refractivity contribution in [3.63, 3.8) is 0 Å². The van der Waals surface area contributed by atoms with Gasteiger partial charge in [-0.05, 0) is 86.1 Å². The van der Waals surface area contributed by atoms with Crippen molar-refractivity contribution in [2.45, 2.75) is 39.3 Å². The SMILES string of the molecule is CCc1ccc(N2C(=S)N[C@H](c3ccccn3)[C@@H]2c2cc(C)n(-c3ccccc3O)c2C)cc1. The first-order chi connectivity index (χ1) is 16.5. The zero-order chi connectivity index (χ0) is 23.8. The fraction of sp³-hybridized carbons (Fsp3) is 0.214. The van der Waals surface area contributed by atoms with Gasteiger partial charge >= 0.3 is 0 Å². The molecular weight excluding hydrogens is 440 g/mol. The van der Waals surface area contributed by atoms with Crippen molar-refractivity contribution < 1.29 is 5.11 Å². The van der Waals surface area contributed by atoms with Gasteiger partial charge in [-0.15, -0.1) is 0 Å². The van der Waals surface area contributed by atoms with Gasteiger partial charge in [-0.3, -0.25) is 4.98 Å². The van der Waals surface area contributed by atoms with E-state index < -0.39 is 0 Å². The molecule has 2 N–H and O–H groups in total. The van der Waals surface area contributed by atoms with Crippen LogP contribution in [0.2, 0.25) is 0 Å². The Kier molecular flexibility index (Phi) is 5.84. The molecule has 3 heterocycles. The Hall–Kier alpha value is -3.64. The summed E-state index contributed by atoms with van der Waals surface area (Å²) < 4.78 is 2.11. The van der Waals surface area contributed by atoms with Gasteiger partial charge in [0.05, 0.1) is 23.5 Å². The van der Waals surface area contributed by atoms with Crippen LogP contribution >= 0.6 is 12.2 Å². The summed E-state index contributed by atoms with van der Waals surface area (Å²) in [7, 11) is 0. The molecule has 2 aromatic carbocycles. The molecule has 2 atom stereocenters. The smallest absolute Gasteiger partial charge is 0.174 e. The van der Waals surface area contributed by atoms with E-state index in [-0.39, 0.29) is 17.8 Å². The molecule has 4 aromatic rings. The van der Waals surface area contributed by atoms with Gasteiger partial charge in [0, 0.05) is 23.3 Å². The number of thiocarbonyl (C=S) groups is 1. The number of anilines is 1. The molecule has 0 aliphatic carbocycles. The van der Waals surface area contributed by atoms with Crippen molar-refractivity contribution in [2.75, 3.05) is 4.90 Å². The topological polar surface area (TPSA) is 53.3 Å². The molecule has 1 saturated heterocycles. The van der Waals surface area contributed by atoms with Crippen molar-refractivity contribution in [1.29, 1.82) is 0 Å². The average Bonchev–Trinajstić information content (AvgIpc) is 3.35. The molecule has 34 heavy (non-hydrogen) atoms. The summed E-state index contributed by atoms with van der Waals surface area (Å²) in [5, 5.41) is 14.8. The number of aromatic nitrogens is 2. The number of para-hydroxylation sites is 2. The van der Waals surface area contributed by atoms with Gasteiger partial charge in [-0.25, -0.2) is 0 Å². The fourth-order valence-electron chi connectivity index (χ4n) is 4.95. The zero-order valence-corrected chi connectivity index (χ0v) is 20.4. The van der Waals surface area contributed by atoms with E-state index >= 15 is 0 Å². The highest BCUT2D eigenvalue weighted by molar-refractivity contribution is 7.80. The molecule has 0 radical (unpaired) electrons. The molecule has 1 aliphatic heterocycles. The lowest BCUT2D eigenvalue weighted by molar-refractivity contribution is 0.471. The Bertz CT molecular complexity index is 1330. The highest BCUT2D eigenvalue weighted by atomic mass is 32.1. The van der Waals surface area contributed by atoms with Crippen LogP contribution in [0.3, 0.4) is 0 Å². The first kappa shape index (κ1) is 22.2. The molecule has 0 amide bonds. The molecule has 5 nitrogen and oxygen atoms in total. The Morgan fingerprint density at radius 2 is 1.74 bits per heavy atom. The second kappa shape index (κ2) is 8.95. The van der Waals surface area contributed by atoms with Crippen molar-refractivity contribution in [3.8, 4) is 11.4 Å². The maximum atomic E-state index is 10.6. The van der Waals surface area contributed by atoms with E-state index in [2.05, 4.69) is 70.9 Å². The Labute approximate surface area is 205 Å². The lowest BCUT2D eigenvalue weighted by Gasteiger charge is -2.28. The van der Waals surface area contributed by atoms with Crippen LogP contribution in [0.5, 0.6) is 5.75 Å². The number of hydrogen-bond donors (Lipinski definition) is 2. The van der Waals surface area contributed by atoms with Gasteiger partial charge in [0.15, 0.2) is 5.11 Å². The van der Waals surface area contributed by atoms with E-state index in [4.69, 9.17) is 12.2 Å². The van der Waals surface area contributed by atoms with Crippen molar-refractivity contribution in [2.24, 2.45) is 0 Å². The van der Waals surface area contributed by atoms with Crippen LogP contribution in [-0.2, 0) is 6.42 Å². The summed E-state index contributed by atoms with van der Waals surface area (Å²) in [5.41, 5.74) is 7.30. The minimum absolute atomic E-state index is 0.0966. The highest BCUT2D eigenvalue weighted by Crippen LogP contribution is 2.44. The van der Waals surface area contributed by atoms with Gasteiger partial charge in [-0.2, -0.15) is 0 Å². The van der Waals surface area contributed by atoms with Gasteiger partial charge < -0.3 is 19.9 Å².